The fourth-order valence-electron chi connectivity index (χ4n) is 2.59. The number of nitrogens with one attached hydrogen (secondary N) is 2. The van der Waals surface area contributed by atoms with Crippen molar-refractivity contribution in [2.75, 3.05) is 26.4 Å². The first-order valence-electron chi connectivity index (χ1n) is 6.47. The zero-order chi connectivity index (χ0) is 12.1. The predicted molar refractivity (Wildman–Crippen MR) is 63.7 cm³/mol. The van der Waals surface area contributed by atoms with Crippen molar-refractivity contribution in [2.45, 2.75) is 43.7 Å². The molecule has 2 heterocycles. The van der Waals surface area contributed by atoms with E-state index in [4.69, 9.17) is 4.74 Å². The van der Waals surface area contributed by atoms with Crippen molar-refractivity contribution < 1.29 is 14.6 Å². The molecule has 17 heavy (non-hydrogen) atoms. The molecular weight excluding hydrogens is 220 g/mol. The Balaban J connectivity index is 1.82. The molecular formula is C12H22N2O3. The van der Waals surface area contributed by atoms with Gasteiger partial charge in [-0.25, -0.2) is 0 Å². The van der Waals surface area contributed by atoms with Gasteiger partial charge in [0, 0.05) is 25.7 Å². The van der Waals surface area contributed by atoms with Gasteiger partial charge in [0.1, 0.15) is 0 Å². The zero-order valence-corrected chi connectivity index (χ0v) is 10.2. The van der Waals surface area contributed by atoms with Crippen molar-refractivity contribution in [3.05, 3.63) is 0 Å². The second-order valence-electron chi connectivity index (χ2n) is 5.10. The molecule has 3 N–H and O–H groups in total. The summed E-state index contributed by atoms with van der Waals surface area (Å²) < 4.78 is 5.27. The molecule has 0 spiro atoms. The van der Waals surface area contributed by atoms with Crippen molar-refractivity contribution in [2.24, 2.45) is 0 Å². The van der Waals surface area contributed by atoms with Crippen molar-refractivity contribution in [1.82, 2.24) is 10.6 Å². The Labute approximate surface area is 102 Å². The molecule has 2 aliphatic heterocycles. The largest absolute Gasteiger partial charge is 0.394 e. The van der Waals surface area contributed by atoms with Crippen LogP contribution in [0.25, 0.3) is 0 Å². The van der Waals surface area contributed by atoms with Gasteiger partial charge in [-0.2, -0.15) is 0 Å². The second kappa shape index (κ2) is 5.80. The lowest BCUT2D eigenvalue weighted by Gasteiger charge is -2.36. The van der Waals surface area contributed by atoms with Crippen molar-refractivity contribution in [1.29, 1.82) is 0 Å². The maximum absolute atomic E-state index is 11.9. The smallest absolute Gasteiger partial charge is 0.222 e. The van der Waals surface area contributed by atoms with Gasteiger partial charge in [-0.1, -0.05) is 0 Å². The van der Waals surface area contributed by atoms with Crippen LogP contribution in [0.4, 0.5) is 0 Å². The summed E-state index contributed by atoms with van der Waals surface area (Å²) in [4.78, 5) is 11.9. The Morgan fingerprint density at radius 1 is 1.47 bits per heavy atom. The number of amides is 1. The van der Waals surface area contributed by atoms with Gasteiger partial charge in [-0.05, 0) is 32.2 Å². The van der Waals surface area contributed by atoms with Gasteiger partial charge in [0.15, 0.2) is 0 Å². The third kappa shape index (κ3) is 3.40. The average molecular weight is 242 g/mol. The summed E-state index contributed by atoms with van der Waals surface area (Å²) in [5, 5.41) is 15.8. The van der Waals surface area contributed by atoms with Crippen molar-refractivity contribution in [3.8, 4) is 0 Å². The van der Waals surface area contributed by atoms with Crippen LogP contribution in [0.5, 0.6) is 0 Å². The number of hydrogen-bond acceptors (Lipinski definition) is 4. The van der Waals surface area contributed by atoms with Crippen LogP contribution >= 0.6 is 0 Å². The Morgan fingerprint density at radius 2 is 2.24 bits per heavy atom. The van der Waals surface area contributed by atoms with Gasteiger partial charge in [0.2, 0.25) is 5.91 Å². The van der Waals surface area contributed by atoms with Crippen LogP contribution < -0.4 is 10.6 Å². The van der Waals surface area contributed by atoms with E-state index in [2.05, 4.69) is 10.6 Å². The molecule has 0 aromatic rings. The number of ether oxygens (including phenoxy) is 1. The van der Waals surface area contributed by atoms with Gasteiger partial charge in [-0.15, -0.1) is 0 Å². The van der Waals surface area contributed by atoms with Gasteiger partial charge < -0.3 is 20.5 Å². The third-order valence-electron chi connectivity index (χ3n) is 3.75. The topological polar surface area (TPSA) is 70.6 Å². The fourth-order valence-corrected chi connectivity index (χ4v) is 2.59. The Bertz CT molecular complexity index is 258. The number of aliphatic hydroxyl groups is 1. The highest BCUT2D eigenvalue weighted by atomic mass is 16.5. The Hall–Kier alpha value is -0.650. The molecule has 1 atom stereocenters. The van der Waals surface area contributed by atoms with Crippen LogP contribution in [0.15, 0.2) is 0 Å². The Morgan fingerprint density at radius 3 is 2.82 bits per heavy atom. The molecule has 5 nitrogen and oxygen atoms in total. The first kappa shape index (κ1) is 12.8. The lowest BCUT2D eigenvalue weighted by atomic mass is 9.90. The third-order valence-corrected chi connectivity index (χ3v) is 3.75. The predicted octanol–water partition coefficient (Wildman–Crippen LogP) is -0.214. The van der Waals surface area contributed by atoms with E-state index in [-0.39, 0.29) is 12.5 Å². The fraction of sp³-hybridized carbons (Fsp3) is 0.917. The van der Waals surface area contributed by atoms with Gasteiger partial charge in [0.25, 0.3) is 0 Å². The highest BCUT2D eigenvalue weighted by Gasteiger charge is 2.34. The van der Waals surface area contributed by atoms with Crippen molar-refractivity contribution in [3.63, 3.8) is 0 Å². The van der Waals surface area contributed by atoms with Crippen LogP contribution in [0, 0.1) is 0 Å². The second-order valence-corrected chi connectivity index (χ2v) is 5.10. The molecule has 1 amide bonds. The SMILES string of the molecule is O=C(CC1CCCN1)NC1(CO)CCOCC1. The lowest BCUT2D eigenvalue weighted by molar-refractivity contribution is -0.125. The molecule has 1 unspecified atom stereocenters. The maximum atomic E-state index is 11.9. The summed E-state index contributed by atoms with van der Waals surface area (Å²) in [6.45, 7) is 2.24. The Kier molecular flexibility index (Phi) is 4.36. The molecule has 0 radical (unpaired) electrons. The summed E-state index contributed by atoms with van der Waals surface area (Å²) in [6.07, 6.45) is 4.14. The first-order chi connectivity index (χ1) is 8.24. The van der Waals surface area contributed by atoms with Crippen LogP contribution in [0.2, 0.25) is 0 Å². The van der Waals surface area contributed by atoms with Gasteiger partial charge in [0.05, 0.1) is 12.1 Å². The van der Waals surface area contributed by atoms with Crippen LogP contribution in [0.3, 0.4) is 0 Å². The minimum atomic E-state index is -0.450. The molecule has 0 aliphatic carbocycles. The van der Waals surface area contributed by atoms with Crippen LogP contribution in [-0.4, -0.2) is 49.0 Å². The van der Waals surface area contributed by atoms with Crippen LogP contribution in [-0.2, 0) is 9.53 Å². The summed E-state index contributed by atoms with van der Waals surface area (Å²) in [6, 6.07) is 0.311. The van der Waals surface area contributed by atoms with Gasteiger partial charge >= 0.3 is 0 Å². The van der Waals surface area contributed by atoms with Crippen molar-refractivity contribution >= 4 is 5.91 Å². The highest BCUT2D eigenvalue weighted by molar-refractivity contribution is 5.77. The first-order valence-corrected chi connectivity index (χ1v) is 6.47. The highest BCUT2D eigenvalue weighted by Crippen LogP contribution is 2.20. The van der Waals surface area contributed by atoms with E-state index in [1.165, 1.54) is 0 Å². The molecule has 2 aliphatic rings. The minimum absolute atomic E-state index is 0.000194. The van der Waals surface area contributed by atoms with E-state index < -0.39 is 5.54 Å². The van der Waals surface area contributed by atoms with E-state index in [0.29, 0.717) is 38.5 Å². The monoisotopic (exact) mass is 242 g/mol. The summed E-state index contributed by atoms with van der Waals surface area (Å²) in [5.74, 6) is 0.0420. The molecule has 98 valence electrons. The molecule has 2 fully saturated rings. The number of carbonyl (C=O) groups excluding carboxylic acids is 1. The standard InChI is InChI=1S/C12H22N2O3/c15-9-12(3-6-17-7-4-12)14-11(16)8-10-2-1-5-13-10/h10,13,15H,1-9H2,(H,14,16). The molecule has 0 aromatic heterocycles. The average Bonchev–Trinajstić information content (AvgIpc) is 2.83. The number of rotatable bonds is 4. The molecule has 0 saturated carbocycles. The quantitative estimate of drug-likeness (QED) is 0.638. The molecule has 2 saturated heterocycles. The molecule has 0 bridgehead atoms. The molecule has 0 aromatic carbocycles. The van der Waals surface area contributed by atoms with E-state index in [9.17, 15) is 9.90 Å². The summed E-state index contributed by atoms with van der Waals surface area (Å²) in [5.41, 5.74) is -0.450. The molecule has 5 heteroatoms. The van der Waals surface area contributed by atoms with E-state index in [1.54, 1.807) is 0 Å². The number of carbonyl (C=O) groups is 1. The van der Waals surface area contributed by atoms with E-state index in [1.807, 2.05) is 0 Å². The van der Waals surface area contributed by atoms with Crippen LogP contribution in [0.1, 0.15) is 32.1 Å². The number of hydrogen-bond donors (Lipinski definition) is 3. The normalized spacial score (nSPS) is 27.9. The summed E-state index contributed by atoms with van der Waals surface area (Å²) in [7, 11) is 0. The molecule has 2 rings (SSSR count). The van der Waals surface area contributed by atoms with E-state index in [0.717, 1.165) is 19.4 Å². The van der Waals surface area contributed by atoms with Gasteiger partial charge in [-0.3, -0.25) is 4.79 Å². The number of aliphatic hydroxyl groups excluding tert-OH is 1. The summed E-state index contributed by atoms with van der Waals surface area (Å²) >= 11 is 0. The minimum Gasteiger partial charge on any atom is -0.394 e. The lowest BCUT2D eigenvalue weighted by Crippen LogP contribution is -2.55. The zero-order valence-electron chi connectivity index (χ0n) is 10.2. The van der Waals surface area contributed by atoms with E-state index >= 15 is 0 Å². The maximum Gasteiger partial charge on any atom is 0.222 e.